The van der Waals surface area contributed by atoms with Crippen molar-refractivity contribution in [1.29, 1.82) is 0 Å². The largest absolute Gasteiger partial charge is 0.508 e. The van der Waals surface area contributed by atoms with Crippen LogP contribution in [0.4, 0.5) is 5.13 Å². The number of carbonyl (C=O) groups is 1. The van der Waals surface area contributed by atoms with Crippen molar-refractivity contribution in [2.45, 2.75) is 33.1 Å². The minimum atomic E-state index is -0.220. The second kappa shape index (κ2) is 5.25. The molecule has 5 heteroatoms. The highest BCUT2D eigenvalue weighted by molar-refractivity contribution is 7.14. The lowest BCUT2D eigenvalue weighted by atomic mass is 9.93. The van der Waals surface area contributed by atoms with Crippen LogP contribution in [0.2, 0.25) is 0 Å². The Bertz CT molecular complexity index is 642. The number of hydrogen-bond acceptors (Lipinski definition) is 4. The minimum absolute atomic E-state index is 0.0331. The predicted octanol–water partition coefficient (Wildman–Crippen LogP) is 3.71. The van der Waals surface area contributed by atoms with Gasteiger partial charge < -0.3 is 5.11 Å². The number of hydrogen-bond donors (Lipinski definition) is 2. The summed E-state index contributed by atoms with van der Waals surface area (Å²) in [4.78, 5) is 16.5. The molecule has 1 heterocycles. The van der Waals surface area contributed by atoms with E-state index in [0.29, 0.717) is 16.3 Å². The molecule has 0 aliphatic carbocycles. The third-order valence-electron chi connectivity index (χ3n) is 2.95. The number of aromatic nitrogens is 1. The number of nitrogens with zero attached hydrogens (tertiary/aromatic N) is 1. The van der Waals surface area contributed by atoms with Crippen molar-refractivity contribution in [3.63, 3.8) is 0 Å². The highest BCUT2D eigenvalue weighted by Crippen LogP contribution is 2.26. The van der Waals surface area contributed by atoms with Crippen LogP contribution in [0.25, 0.3) is 0 Å². The number of rotatable bonds is 2. The molecule has 1 aromatic carbocycles. The highest BCUT2D eigenvalue weighted by atomic mass is 32.1. The van der Waals surface area contributed by atoms with Crippen LogP contribution >= 0.6 is 11.3 Å². The van der Waals surface area contributed by atoms with Gasteiger partial charge in [0.2, 0.25) is 0 Å². The van der Waals surface area contributed by atoms with E-state index < -0.39 is 0 Å². The zero-order chi connectivity index (χ0) is 14.9. The summed E-state index contributed by atoms with van der Waals surface area (Å²) in [5.74, 6) is -0.0336. The van der Waals surface area contributed by atoms with E-state index >= 15 is 0 Å². The van der Waals surface area contributed by atoms with Gasteiger partial charge in [0, 0.05) is 16.4 Å². The Morgan fingerprint density at radius 3 is 2.60 bits per heavy atom. The number of amides is 1. The van der Waals surface area contributed by atoms with Crippen LogP contribution in [0.15, 0.2) is 23.6 Å². The van der Waals surface area contributed by atoms with Crippen molar-refractivity contribution in [1.82, 2.24) is 4.98 Å². The number of aromatic hydroxyl groups is 1. The molecule has 0 atom stereocenters. The van der Waals surface area contributed by atoms with Crippen LogP contribution < -0.4 is 5.32 Å². The summed E-state index contributed by atoms with van der Waals surface area (Å²) in [6.07, 6.45) is 0. The zero-order valence-corrected chi connectivity index (χ0v) is 12.8. The monoisotopic (exact) mass is 290 g/mol. The summed E-state index contributed by atoms with van der Waals surface area (Å²) < 4.78 is 0. The molecule has 4 nitrogen and oxygen atoms in total. The van der Waals surface area contributed by atoms with Gasteiger partial charge in [-0.3, -0.25) is 10.1 Å². The van der Waals surface area contributed by atoms with E-state index in [-0.39, 0.29) is 17.1 Å². The van der Waals surface area contributed by atoms with E-state index in [4.69, 9.17) is 0 Å². The van der Waals surface area contributed by atoms with Gasteiger partial charge in [-0.2, -0.15) is 0 Å². The van der Waals surface area contributed by atoms with Gasteiger partial charge in [0.25, 0.3) is 5.91 Å². The van der Waals surface area contributed by atoms with Crippen LogP contribution in [0.1, 0.15) is 42.4 Å². The summed E-state index contributed by atoms with van der Waals surface area (Å²) in [5.41, 5.74) is 2.11. The number of aryl methyl sites for hydroxylation is 1. The van der Waals surface area contributed by atoms with Crippen molar-refractivity contribution < 1.29 is 9.90 Å². The van der Waals surface area contributed by atoms with Crippen LogP contribution in [0.3, 0.4) is 0 Å². The van der Waals surface area contributed by atoms with E-state index in [0.717, 1.165) is 5.69 Å². The van der Waals surface area contributed by atoms with Crippen molar-refractivity contribution >= 4 is 22.4 Å². The van der Waals surface area contributed by atoms with Crippen molar-refractivity contribution in [3.8, 4) is 5.75 Å². The highest BCUT2D eigenvalue weighted by Gasteiger charge is 2.18. The number of thiazole rings is 1. The summed E-state index contributed by atoms with van der Waals surface area (Å²) in [6, 6.07) is 4.77. The number of phenolic OH excluding ortho intramolecular Hbond substituents is 1. The second-order valence-corrected chi connectivity index (χ2v) is 6.60. The standard InChI is InChI=1S/C15H18N2O2S/c1-9-7-10(5-6-11(9)18)13(19)17-14-16-12(8-20-14)15(2,3)4/h5-8,18H,1-4H3,(H,16,17,19). The molecule has 0 aliphatic heterocycles. The second-order valence-electron chi connectivity index (χ2n) is 5.74. The number of phenols is 1. The van der Waals surface area contributed by atoms with Crippen molar-refractivity contribution in [2.24, 2.45) is 0 Å². The number of anilines is 1. The van der Waals surface area contributed by atoms with Gasteiger partial charge in [0.05, 0.1) is 5.69 Å². The van der Waals surface area contributed by atoms with Gasteiger partial charge in [-0.1, -0.05) is 20.8 Å². The Balaban J connectivity index is 2.15. The average Bonchev–Trinajstić information content (AvgIpc) is 2.81. The lowest BCUT2D eigenvalue weighted by Crippen LogP contribution is -2.14. The first-order valence-electron chi connectivity index (χ1n) is 6.34. The molecule has 0 aliphatic rings. The lowest BCUT2D eigenvalue weighted by Gasteiger charge is -2.14. The maximum atomic E-state index is 12.1. The first-order chi connectivity index (χ1) is 9.27. The van der Waals surface area contributed by atoms with Gasteiger partial charge >= 0.3 is 0 Å². The number of nitrogens with one attached hydrogen (secondary N) is 1. The number of carbonyl (C=O) groups excluding carboxylic acids is 1. The van der Waals surface area contributed by atoms with E-state index in [1.54, 1.807) is 19.1 Å². The smallest absolute Gasteiger partial charge is 0.257 e. The van der Waals surface area contributed by atoms with Crippen molar-refractivity contribution in [3.05, 3.63) is 40.4 Å². The fourth-order valence-electron chi connectivity index (χ4n) is 1.64. The Morgan fingerprint density at radius 2 is 2.05 bits per heavy atom. The van der Waals surface area contributed by atoms with Crippen LogP contribution in [0, 0.1) is 6.92 Å². The molecular formula is C15H18N2O2S. The van der Waals surface area contributed by atoms with Crippen LogP contribution in [0.5, 0.6) is 5.75 Å². The summed E-state index contributed by atoms with van der Waals surface area (Å²) >= 11 is 1.41. The molecule has 0 fully saturated rings. The molecule has 2 rings (SSSR count). The Labute approximate surface area is 122 Å². The SMILES string of the molecule is Cc1cc(C(=O)Nc2nc(C(C)(C)C)cs2)ccc1O. The molecule has 20 heavy (non-hydrogen) atoms. The molecule has 2 N–H and O–H groups in total. The maximum absolute atomic E-state index is 12.1. The van der Waals surface area contributed by atoms with Gasteiger partial charge in [-0.15, -0.1) is 11.3 Å². The number of benzene rings is 1. The Hall–Kier alpha value is -1.88. The fraction of sp³-hybridized carbons (Fsp3) is 0.333. The molecule has 1 aromatic heterocycles. The van der Waals surface area contributed by atoms with Crippen LogP contribution in [-0.2, 0) is 5.41 Å². The molecule has 0 saturated carbocycles. The summed E-state index contributed by atoms with van der Waals surface area (Å²) in [5, 5.41) is 14.8. The third-order valence-corrected chi connectivity index (χ3v) is 3.71. The normalized spacial score (nSPS) is 11.4. The third kappa shape index (κ3) is 3.17. The summed E-state index contributed by atoms with van der Waals surface area (Å²) in [6.45, 7) is 8.00. The maximum Gasteiger partial charge on any atom is 0.257 e. The van der Waals surface area contributed by atoms with E-state index in [1.165, 1.54) is 17.4 Å². The first kappa shape index (κ1) is 14.5. The predicted molar refractivity (Wildman–Crippen MR) is 81.6 cm³/mol. The molecule has 1 amide bonds. The topological polar surface area (TPSA) is 62.2 Å². The van der Waals surface area contributed by atoms with E-state index in [1.807, 2.05) is 5.38 Å². The Morgan fingerprint density at radius 1 is 1.35 bits per heavy atom. The van der Waals surface area contributed by atoms with Gasteiger partial charge in [-0.25, -0.2) is 4.98 Å². The average molecular weight is 290 g/mol. The fourth-order valence-corrected chi connectivity index (χ4v) is 2.57. The molecule has 0 spiro atoms. The van der Waals surface area contributed by atoms with E-state index in [9.17, 15) is 9.90 Å². The van der Waals surface area contributed by atoms with Crippen LogP contribution in [-0.4, -0.2) is 16.0 Å². The molecule has 0 saturated heterocycles. The Kier molecular flexibility index (Phi) is 3.81. The van der Waals surface area contributed by atoms with Gasteiger partial charge in [-0.05, 0) is 30.7 Å². The lowest BCUT2D eigenvalue weighted by molar-refractivity contribution is 0.102. The quantitative estimate of drug-likeness (QED) is 0.886. The van der Waals surface area contributed by atoms with E-state index in [2.05, 4.69) is 31.1 Å². The first-order valence-corrected chi connectivity index (χ1v) is 7.22. The molecule has 0 bridgehead atoms. The molecule has 106 valence electrons. The molecule has 0 radical (unpaired) electrons. The minimum Gasteiger partial charge on any atom is -0.508 e. The summed E-state index contributed by atoms with van der Waals surface area (Å²) in [7, 11) is 0. The molecule has 0 unspecified atom stereocenters. The molecule has 2 aromatic rings. The van der Waals surface area contributed by atoms with Crippen molar-refractivity contribution in [2.75, 3.05) is 5.32 Å². The van der Waals surface area contributed by atoms with Gasteiger partial charge in [0.1, 0.15) is 5.75 Å². The molecular weight excluding hydrogens is 272 g/mol. The zero-order valence-electron chi connectivity index (χ0n) is 12.0. The van der Waals surface area contributed by atoms with Gasteiger partial charge in [0.15, 0.2) is 5.13 Å².